The Labute approximate surface area is 108 Å². The first-order valence-corrected chi connectivity index (χ1v) is 7.16. The van der Waals surface area contributed by atoms with Crippen molar-refractivity contribution in [1.82, 2.24) is 9.97 Å². The second-order valence-electron chi connectivity index (χ2n) is 3.09. The average molecular weight is 290 g/mol. The zero-order chi connectivity index (χ0) is 12.5. The molecule has 17 heavy (non-hydrogen) atoms. The highest BCUT2D eigenvalue weighted by molar-refractivity contribution is 7.94. The first-order chi connectivity index (χ1) is 8.01. The molecular formula is C9H8ClN3O2S2. The Kier molecular flexibility index (Phi) is 3.32. The van der Waals surface area contributed by atoms with Crippen molar-refractivity contribution in [3.05, 3.63) is 35.1 Å². The van der Waals surface area contributed by atoms with Gasteiger partial charge in [-0.25, -0.2) is 18.4 Å². The number of thiazole rings is 1. The molecule has 0 unspecified atom stereocenters. The van der Waals surface area contributed by atoms with Crippen molar-refractivity contribution in [1.29, 1.82) is 0 Å². The summed E-state index contributed by atoms with van der Waals surface area (Å²) in [5.41, 5.74) is 0. The van der Waals surface area contributed by atoms with Crippen LogP contribution in [-0.4, -0.2) is 25.4 Å². The Morgan fingerprint density at radius 1 is 1.35 bits per heavy atom. The molecular weight excluding hydrogens is 282 g/mol. The monoisotopic (exact) mass is 289 g/mol. The molecule has 0 aliphatic rings. The van der Waals surface area contributed by atoms with Gasteiger partial charge in [-0.05, 0) is 12.1 Å². The maximum Gasteiger partial charge on any atom is 0.276 e. The molecule has 0 fully saturated rings. The highest BCUT2D eigenvalue weighted by atomic mass is 35.5. The van der Waals surface area contributed by atoms with Gasteiger partial charge < -0.3 is 0 Å². The van der Waals surface area contributed by atoms with Gasteiger partial charge in [0, 0.05) is 13.2 Å². The Bertz CT molecular complexity index is 612. The van der Waals surface area contributed by atoms with Crippen LogP contribution in [0.2, 0.25) is 4.47 Å². The highest BCUT2D eigenvalue weighted by Gasteiger charge is 2.24. The summed E-state index contributed by atoms with van der Waals surface area (Å²) in [6, 6.07) is 5.04. The Balaban J connectivity index is 2.40. The number of anilines is 1. The molecule has 2 aromatic heterocycles. The summed E-state index contributed by atoms with van der Waals surface area (Å²) < 4.78 is 25.7. The summed E-state index contributed by atoms with van der Waals surface area (Å²) in [7, 11) is -2.19. The largest absolute Gasteiger partial charge is 0.276 e. The number of rotatable bonds is 3. The van der Waals surface area contributed by atoms with Crippen molar-refractivity contribution in [3.8, 4) is 0 Å². The molecule has 2 rings (SSSR count). The first kappa shape index (κ1) is 12.3. The molecule has 2 aromatic rings. The molecule has 0 bridgehead atoms. The minimum absolute atomic E-state index is 0.0932. The van der Waals surface area contributed by atoms with Gasteiger partial charge in [-0.3, -0.25) is 4.31 Å². The molecule has 0 amide bonds. The third-order valence-electron chi connectivity index (χ3n) is 2.04. The van der Waals surface area contributed by atoms with Gasteiger partial charge in [-0.1, -0.05) is 29.0 Å². The van der Waals surface area contributed by atoms with Gasteiger partial charge in [0.05, 0.1) is 6.20 Å². The zero-order valence-corrected chi connectivity index (χ0v) is 11.1. The van der Waals surface area contributed by atoms with Gasteiger partial charge in [0.1, 0.15) is 5.82 Å². The summed E-state index contributed by atoms with van der Waals surface area (Å²) in [6.07, 6.45) is 2.77. The van der Waals surface area contributed by atoms with Gasteiger partial charge in [-0.15, -0.1) is 0 Å². The summed E-state index contributed by atoms with van der Waals surface area (Å²) in [5, 5.41) is 0. The standard InChI is InChI=1S/C9H8ClN3O2S2/c1-13(7-4-2-3-5-11-7)17(14,15)8-6-12-9(10)16-8/h2-6H,1H3. The lowest BCUT2D eigenvalue weighted by atomic mass is 10.5. The number of halogens is 1. The Hall–Kier alpha value is -1.18. The maximum absolute atomic E-state index is 12.1. The molecule has 90 valence electrons. The molecule has 0 aliphatic carbocycles. The van der Waals surface area contributed by atoms with Crippen LogP contribution >= 0.6 is 22.9 Å². The molecule has 0 radical (unpaired) electrons. The molecule has 0 aromatic carbocycles. The zero-order valence-electron chi connectivity index (χ0n) is 8.74. The molecule has 0 N–H and O–H groups in total. The predicted octanol–water partition coefficient (Wildman–Crippen LogP) is 2.02. The quantitative estimate of drug-likeness (QED) is 0.867. The predicted molar refractivity (Wildman–Crippen MR) is 66.9 cm³/mol. The van der Waals surface area contributed by atoms with Gasteiger partial charge in [0.15, 0.2) is 8.68 Å². The van der Waals surface area contributed by atoms with Crippen LogP contribution in [0, 0.1) is 0 Å². The normalized spacial score (nSPS) is 11.4. The van der Waals surface area contributed by atoms with E-state index < -0.39 is 10.0 Å². The number of hydrogen-bond donors (Lipinski definition) is 0. The van der Waals surface area contributed by atoms with Crippen molar-refractivity contribution in [3.63, 3.8) is 0 Å². The van der Waals surface area contributed by atoms with Gasteiger partial charge in [0.25, 0.3) is 10.0 Å². The maximum atomic E-state index is 12.1. The topological polar surface area (TPSA) is 63.2 Å². The van der Waals surface area contributed by atoms with E-state index in [1.165, 1.54) is 19.4 Å². The number of nitrogens with zero attached hydrogens (tertiary/aromatic N) is 3. The van der Waals surface area contributed by atoms with Crippen LogP contribution in [0.4, 0.5) is 5.82 Å². The Morgan fingerprint density at radius 2 is 2.12 bits per heavy atom. The highest BCUT2D eigenvalue weighted by Crippen LogP contribution is 2.26. The Morgan fingerprint density at radius 3 is 2.65 bits per heavy atom. The third-order valence-corrected chi connectivity index (χ3v) is 5.36. The third kappa shape index (κ3) is 2.41. The van der Waals surface area contributed by atoms with Crippen LogP contribution in [0.3, 0.4) is 0 Å². The van der Waals surface area contributed by atoms with Crippen molar-refractivity contribution in [2.24, 2.45) is 0 Å². The van der Waals surface area contributed by atoms with E-state index in [-0.39, 0.29) is 8.68 Å². The van der Waals surface area contributed by atoms with Crippen LogP contribution in [-0.2, 0) is 10.0 Å². The van der Waals surface area contributed by atoms with Crippen LogP contribution < -0.4 is 4.31 Å². The smallest absolute Gasteiger partial charge is 0.252 e. The van der Waals surface area contributed by atoms with E-state index in [4.69, 9.17) is 11.6 Å². The number of hydrogen-bond acceptors (Lipinski definition) is 5. The van der Waals surface area contributed by atoms with Crippen molar-refractivity contribution < 1.29 is 8.42 Å². The van der Waals surface area contributed by atoms with E-state index in [9.17, 15) is 8.42 Å². The van der Waals surface area contributed by atoms with E-state index >= 15 is 0 Å². The molecule has 0 aliphatic heterocycles. The van der Waals surface area contributed by atoms with Crippen LogP contribution in [0.1, 0.15) is 0 Å². The van der Waals surface area contributed by atoms with Gasteiger partial charge in [-0.2, -0.15) is 0 Å². The van der Waals surface area contributed by atoms with Crippen LogP contribution in [0.5, 0.6) is 0 Å². The fourth-order valence-corrected chi connectivity index (χ4v) is 3.77. The molecule has 5 nitrogen and oxygen atoms in total. The van der Waals surface area contributed by atoms with Crippen molar-refractivity contribution in [2.45, 2.75) is 4.21 Å². The van der Waals surface area contributed by atoms with Gasteiger partial charge in [0.2, 0.25) is 0 Å². The van der Waals surface area contributed by atoms with Gasteiger partial charge >= 0.3 is 0 Å². The average Bonchev–Trinajstić information content (AvgIpc) is 2.77. The van der Waals surface area contributed by atoms with E-state index in [1.54, 1.807) is 18.2 Å². The summed E-state index contributed by atoms with van der Waals surface area (Å²) in [4.78, 5) is 7.69. The van der Waals surface area contributed by atoms with Crippen molar-refractivity contribution in [2.75, 3.05) is 11.4 Å². The van der Waals surface area contributed by atoms with E-state index in [0.29, 0.717) is 5.82 Å². The fraction of sp³-hybridized carbons (Fsp3) is 0.111. The fourth-order valence-electron chi connectivity index (χ4n) is 1.16. The molecule has 8 heteroatoms. The molecule has 2 heterocycles. The summed E-state index contributed by atoms with van der Waals surface area (Å²) in [5.74, 6) is 0.344. The summed E-state index contributed by atoms with van der Waals surface area (Å²) in [6.45, 7) is 0. The molecule has 0 atom stereocenters. The van der Waals surface area contributed by atoms with Crippen LogP contribution in [0.15, 0.2) is 34.8 Å². The number of sulfonamides is 1. The number of pyridine rings is 1. The number of aromatic nitrogens is 2. The second kappa shape index (κ2) is 4.59. The minimum atomic E-state index is -3.63. The lowest BCUT2D eigenvalue weighted by Crippen LogP contribution is -2.26. The molecule has 0 saturated carbocycles. The molecule has 0 spiro atoms. The minimum Gasteiger partial charge on any atom is -0.252 e. The summed E-state index contributed by atoms with van der Waals surface area (Å²) >= 11 is 6.54. The SMILES string of the molecule is CN(c1ccccn1)S(=O)(=O)c1cnc(Cl)s1. The van der Waals surface area contributed by atoms with Crippen LogP contribution in [0.25, 0.3) is 0 Å². The lowest BCUT2D eigenvalue weighted by Gasteiger charge is -2.16. The van der Waals surface area contributed by atoms with Crippen molar-refractivity contribution >= 4 is 38.8 Å². The van der Waals surface area contributed by atoms with E-state index in [2.05, 4.69) is 9.97 Å². The van der Waals surface area contributed by atoms with E-state index in [1.807, 2.05) is 0 Å². The second-order valence-corrected chi connectivity index (χ2v) is 6.90. The molecule has 0 saturated heterocycles. The lowest BCUT2D eigenvalue weighted by molar-refractivity contribution is 0.596. The van der Waals surface area contributed by atoms with E-state index in [0.717, 1.165) is 15.6 Å². The first-order valence-electron chi connectivity index (χ1n) is 4.53.